The van der Waals surface area contributed by atoms with Crippen molar-refractivity contribution in [3.05, 3.63) is 64.7 Å². The molecule has 1 saturated carbocycles. The van der Waals surface area contributed by atoms with Gasteiger partial charge in [0.1, 0.15) is 0 Å². The number of carbonyl (C=O) groups is 1. The molecular weight excluding hydrogens is 510 g/mol. The summed E-state index contributed by atoms with van der Waals surface area (Å²) >= 11 is 0. The fourth-order valence-corrected chi connectivity index (χ4v) is 6.06. The molecule has 2 fully saturated rings. The summed E-state index contributed by atoms with van der Waals surface area (Å²) in [5.74, 6) is -0.985. The van der Waals surface area contributed by atoms with E-state index in [0.717, 1.165) is 19.3 Å². The number of amides is 1. The Morgan fingerprint density at radius 2 is 1.64 bits per heavy atom. The van der Waals surface area contributed by atoms with Crippen LogP contribution in [-0.4, -0.2) is 32.7 Å². The van der Waals surface area contributed by atoms with Crippen LogP contribution < -0.4 is 10.6 Å². The first-order valence-electron chi connectivity index (χ1n) is 11.4. The van der Waals surface area contributed by atoms with Crippen molar-refractivity contribution in [3.8, 4) is 0 Å². The van der Waals surface area contributed by atoms with E-state index < -0.39 is 50.8 Å². The number of hydrogen-bond acceptors (Lipinski definition) is 4. The number of sulfone groups is 1. The topological polar surface area (TPSA) is 75.3 Å². The molecule has 1 aliphatic carbocycles. The molecule has 0 bridgehead atoms. The quantitative estimate of drug-likeness (QED) is 0.483. The van der Waals surface area contributed by atoms with Gasteiger partial charge in [-0.2, -0.15) is 26.3 Å². The predicted molar refractivity (Wildman–Crippen MR) is 119 cm³/mol. The zero-order valence-corrected chi connectivity index (χ0v) is 19.7. The first-order valence-corrected chi connectivity index (χ1v) is 13.1. The molecule has 2 aromatic rings. The molecule has 1 amide bonds. The van der Waals surface area contributed by atoms with E-state index in [0.29, 0.717) is 30.7 Å². The molecule has 0 spiro atoms. The number of rotatable bonds is 7. The van der Waals surface area contributed by atoms with Gasteiger partial charge >= 0.3 is 12.4 Å². The van der Waals surface area contributed by atoms with Crippen LogP contribution in [0.4, 0.5) is 26.3 Å². The van der Waals surface area contributed by atoms with Crippen LogP contribution in [-0.2, 0) is 22.2 Å². The molecule has 1 saturated heterocycles. The van der Waals surface area contributed by atoms with Crippen molar-refractivity contribution in [1.29, 1.82) is 0 Å². The molecule has 12 heteroatoms. The van der Waals surface area contributed by atoms with Gasteiger partial charge in [-0.15, -0.1) is 0 Å². The third-order valence-corrected chi connectivity index (χ3v) is 8.34. The monoisotopic (exact) mass is 534 g/mol. The minimum absolute atomic E-state index is 0.0465. The number of halogens is 6. The van der Waals surface area contributed by atoms with Gasteiger partial charge in [0.2, 0.25) is 0 Å². The van der Waals surface area contributed by atoms with Gasteiger partial charge in [0.25, 0.3) is 5.91 Å². The van der Waals surface area contributed by atoms with E-state index in [1.54, 1.807) is 0 Å². The second-order valence-corrected chi connectivity index (χ2v) is 11.2. The number of hydrogen-bond donors (Lipinski definition) is 2. The molecule has 0 aromatic heterocycles. The molecule has 5 nitrogen and oxygen atoms in total. The Morgan fingerprint density at radius 3 is 2.17 bits per heavy atom. The standard InChI is InChI=1S/C24H24F6N2O3S/c25-23(26,27)16-7-10-18(19(12-16)24(28,29)30)22(33)32-21(20-2-1-11-31-20)15-5-8-17(9-6-15)36(34,35)13-14-3-4-14/h5-10,12,14,20-21,31H,1-4,11,13H2,(H,32,33)/t20?,21-/m1/s1. The Labute approximate surface area is 204 Å². The third-order valence-electron chi connectivity index (χ3n) is 6.43. The van der Waals surface area contributed by atoms with Gasteiger partial charge in [-0.1, -0.05) is 12.1 Å². The van der Waals surface area contributed by atoms with Crippen molar-refractivity contribution >= 4 is 15.7 Å². The average Bonchev–Trinajstić information content (AvgIpc) is 3.43. The summed E-state index contributed by atoms with van der Waals surface area (Å²) in [5, 5.41) is 5.69. The smallest absolute Gasteiger partial charge is 0.344 e. The van der Waals surface area contributed by atoms with Crippen molar-refractivity contribution in [2.45, 2.75) is 55.0 Å². The summed E-state index contributed by atoms with van der Waals surface area (Å²) in [6.07, 6.45) is -7.13. The summed E-state index contributed by atoms with van der Waals surface area (Å²) in [5.41, 5.74) is -3.66. The van der Waals surface area contributed by atoms with Gasteiger partial charge < -0.3 is 10.6 Å². The van der Waals surface area contributed by atoms with Crippen LogP contribution in [0.3, 0.4) is 0 Å². The van der Waals surface area contributed by atoms with Crippen LogP contribution in [0.2, 0.25) is 0 Å². The number of nitrogens with one attached hydrogen (secondary N) is 2. The molecule has 1 heterocycles. The van der Waals surface area contributed by atoms with E-state index in [2.05, 4.69) is 10.6 Å². The molecule has 2 aliphatic rings. The van der Waals surface area contributed by atoms with Gasteiger partial charge in [-0.3, -0.25) is 4.79 Å². The molecule has 2 atom stereocenters. The summed E-state index contributed by atoms with van der Waals surface area (Å²) in [6.45, 7) is 0.610. The zero-order valence-electron chi connectivity index (χ0n) is 18.9. The lowest BCUT2D eigenvalue weighted by molar-refractivity contribution is -0.143. The molecule has 4 rings (SSSR count). The number of alkyl halides is 6. The highest BCUT2D eigenvalue weighted by Crippen LogP contribution is 2.38. The largest absolute Gasteiger partial charge is 0.417 e. The second kappa shape index (κ2) is 9.70. The van der Waals surface area contributed by atoms with Crippen molar-refractivity contribution in [1.82, 2.24) is 10.6 Å². The molecule has 1 unspecified atom stereocenters. The summed E-state index contributed by atoms with van der Waals surface area (Å²) in [7, 11) is -3.48. The van der Waals surface area contributed by atoms with Crippen molar-refractivity contribution < 1.29 is 39.6 Å². The predicted octanol–water partition coefficient (Wildman–Crippen LogP) is 5.13. The molecular formula is C24H24F6N2O3S. The van der Waals surface area contributed by atoms with E-state index in [1.807, 2.05) is 0 Å². The third kappa shape index (κ3) is 6.03. The lowest BCUT2D eigenvalue weighted by Crippen LogP contribution is -2.41. The molecule has 36 heavy (non-hydrogen) atoms. The Hall–Kier alpha value is -2.60. The van der Waals surface area contributed by atoms with Crippen molar-refractivity contribution in [2.24, 2.45) is 5.92 Å². The number of carbonyl (C=O) groups excluding carboxylic acids is 1. The molecule has 2 aromatic carbocycles. The molecule has 0 radical (unpaired) electrons. The van der Waals surface area contributed by atoms with Crippen LogP contribution in [0.15, 0.2) is 47.4 Å². The fraction of sp³-hybridized carbons (Fsp3) is 0.458. The first kappa shape index (κ1) is 26.5. The number of benzene rings is 2. The van der Waals surface area contributed by atoms with Gasteiger partial charge in [0.15, 0.2) is 9.84 Å². The molecule has 2 N–H and O–H groups in total. The van der Waals surface area contributed by atoms with Gasteiger partial charge in [0.05, 0.1) is 33.4 Å². The minimum atomic E-state index is -5.19. The first-order chi connectivity index (χ1) is 16.8. The molecule has 196 valence electrons. The van der Waals surface area contributed by atoms with E-state index >= 15 is 0 Å². The maximum atomic E-state index is 13.6. The maximum Gasteiger partial charge on any atom is 0.417 e. The van der Waals surface area contributed by atoms with Crippen molar-refractivity contribution in [3.63, 3.8) is 0 Å². The summed E-state index contributed by atoms with van der Waals surface area (Å²) < 4.78 is 105. The van der Waals surface area contributed by atoms with E-state index in [4.69, 9.17) is 0 Å². The summed E-state index contributed by atoms with van der Waals surface area (Å²) in [4.78, 5) is 13.1. The Morgan fingerprint density at radius 1 is 0.972 bits per heavy atom. The van der Waals surface area contributed by atoms with Crippen LogP contribution in [0.5, 0.6) is 0 Å². The highest BCUT2D eigenvalue weighted by Gasteiger charge is 2.40. The zero-order chi connectivity index (χ0) is 26.3. The second-order valence-electron chi connectivity index (χ2n) is 9.20. The van der Waals surface area contributed by atoms with Crippen LogP contribution in [0, 0.1) is 5.92 Å². The minimum Gasteiger partial charge on any atom is -0.344 e. The maximum absolute atomic E-state index is 13.6. The van der Waals surface area contributed by atoms with Crippen molar-refractivity contribution in [2.75, 3.05) is 12.3 Å². The SMILES string of the molecule is O=C(N[C@H](c1ccc(S(=O)(=O)CC2CC2)cc1)C1CCCN1)c1ccc(C(F)(F)F)cc1C(F)(F)F. The normalized spacial score (nSPS) is 19.8. The Bertz CT molecular complexity index is 1220. The highest BCUT2D eigenvalue weighted by atomic mass is 32.2. The Balaban J connectivity index is 1.63. The highest BCUT2D eigenvalue weighted by molar-refractivity contribution is 7.91. The molecule has 1 aliphatic heterocycles. The Kier molecular flexibility index (Phi) is 7.13. The lowest BCUT2D eigenvalue weighted by atomic mass is 9.96. The van der Waals surface area contributed by atoms with Crippen LogP contribution >= 0.6 is 0 Å². The van der Waals surface area contributed by atoms with Gasteiger partial charge in [-0.25, -0.2) is 8.42 Å². The van der Waals surface area contributed by atoms with E-state index in [1.165, 1.54) is 24.3 Å². The van der Waals surface area contributed by atoms with Gasteiger partial charge in [-0.05, 0) is 74.0 Å². The fourth-order valence-electron chi connectivity index (χ4n) is 4.36. The average molecular weight is 535 g/mol. The lowest BCUT2D eigenvalue weighted by Gasteiger charge is -2.26. The van der Waals surface area contributed by atoms with Gasteiger partial charge in [0, 0.05) is 6.04 Å². The van der Waals surface area contributed by atoms with Crippen LogP contribution in [0.25, 0.3) is 0 Å². The summed E-state index contributed by atoms with van der Waals surface area (Å²) in [6, 6.07) is 5.51. The van der Waals surface area contributed by atoms with E-state index in [-0.39, 0.29) is 28.7 Å². The van der Waals surface area contributed by atoms with Crippen LogP contribution in [0.1, 0.15) is 58.8 Å². The van der Waals surface area contributed by atoms with E-state index in [9.17, 15) is 39.6 Å².